The highest BCUT2D eigenvalue weighted by atomic mass is 16.5. The van der Waals surface area contributed by atoms with Crippen LogP contribution in [0.5, 0.6) is 17.2 Å². The van der Waals surface area contributed by atoms with Gasteiger partial charge in [0, 0.05) is 23.4 Å². The number of benzene rings is 2. The Morgan fingerprint density at radius 3 is 2.03 bits per heavy atom. The van der Waals surface area contributed by atoms with Gasteiger partial charge in [-0.25, -0.2) is 4.79 Å². The Bertz CT molecular complexity index is 942. The molecule has 2 aromatic carbocycles. The first-order chi connectivity index (χ1) is 14.7. The van der Waals surface area contributed by atoms with Gasteiger partial charge in [-0.2, -0.15) is 0 Å². The Balaban J connectivity index is 1.94. The molecule has 0 aliphatic rings. The first-order valence-electron chi connectivity index (χ1n) is 9.73. The van der Waals surface area contributed by atoms with E-state index in [0.717, 1.165) is 5.56 Å². The SMILES string of the molecule is COc1cc(OC)c(OC)cc1/C=C/C(=O)OCC(=O)Nc1ccc(C(C)(C)C)cc1. The van der Waals surface area contributed by atoms with Crippen LogP contribution in [0.3, 0.4) is 0 Å². The van der Waals surface area contributed by atoms with Crippen molar-refractivity contribution in [1.29, 1.82) is 0 Å². The quantitative estimate of drug-likeness (QED) is 0.502. The summed E-state index contributed by atoms with van der Waals surface area (Å²) in [4.78, 5) is 24.1. The third-order valence-corrected chi connectivity index (χ3v) is 4.52. The second-order valence-electron chi connectivity index (χ2n) is 7.77. The first-order valence-corrected chi connectivity index (χ1v) is 9.73. The maximum absolute atomic E-state index is 12.1. The van der Waals surface area contributed by atoms with Gasteiger partial charge in [0.05, 0.1) is 21.3 Å². The van der Waals surface area contributed by atoms with Crippen molar-refractivity contribution in [1.82, 2.24) is 0 Å². The Morgan fingerprint density at radius 1 is 0.903 bits per heavy atom. The van der Waals surface area contributed by atoms with Crippen LogP contribution < -0.4 is 19.5 Å². The molecule has 1 amide bonds. The number of esters is 1. The lowest BCUT2D eigenvalue weighted by molar-refractivity contribution is -0.142. The van der Waals surface area contributed by atoms with Gasteiger partial charge in [0.25, 0.3) is 5.91 Å². The van der Waals surface area contributed by atoms with Crippen molar-refractivity contribution in [3.63, 3.8) is 0 Å². The van der Waals surface area contributed by atoms with Crippen molar-refractivity contribution in [2.75, 3.05) is 33.3 Å². The van der Waals surface area contributed by atoms with E-state index in [1.165, 1.54) is 33.5 Å². The highest BCUT2D eigenvalue weighted by Gasteiger charge is 2.14. The molecule has 0 fully saturated rings. The maximum atomic E-state index is 12.1. The summed E-state index contributed by atoms with van der Waals surface area (Å²) in [6, 6.07) is 10.9. The fraction of sp³-hybridized carbons (Fsp3) is 0.333. The molecule has 0 aromatic heterocycles. The summed E-state index contributed by atoms with van der Waals surface area (Å²) in [5.74, 6) is 0.418. The van der Waals surface area contributed by atoms with Crippen LogP contribution in [-0.4, -0.2) is 39.8 Å². The van der Waals surface area contributed by atoms with E-state index < -0.39 is 18.5 Å². The van der Waals surface area contributed by atoms with Crippen LogP contribution in [-0.2, 0) is 19.7 Å². The third-order valence-electron chi connectivity index (χ3n) is 4.52. The highest BCUT2D eigenvalue weighted by molar-refractivity contribution is 5.94. The monoisotopic (exact) mass is 427 g/mol. The van der Waals surface area contributed by atoms with Crippen LogP contribution in [0, 0.1) is 0 Å². The Labute approximate surface area is 183 Å². The summed E-state index contributed by atoms with van der Waals surface area (Å²) in [5.41, 5.74) is 2.42. The molecule has 7 nitrogen and oxygen atoms in total. The number of ether oxygens (including phenoxy) is 4. The second-order valence-corrected chi connectivity index (χ2v) is 7.77. The van der Waals surface area contributed by atoms with Crippen molar-refractivity contribution in [3.8, 4) is 17.2 Å². The highest BCUT2D eigenvalue weighted by Crippen LogP contribution is 2.35. The normalized spacial score (nSPS) is 11.2. The smallest absolute Gasteiger partial charge is 0.331 e. The minimum atomic E-state index is -0.657. The van der Waals surface area contributed by atoms with Crippen molar-refractivity contribution in [2.45, 2.75) is 26.2 Å². The van der Waals surface area contributed by atoms with E-state index >= 15 is 0 Å². The number of anilines is 1. The van der Waals surface area contributed by atoms with Crippen molar-refractivity contribution >= 4 is 23.6 Å². The van der Waals surface area contributed by atoms with Crippen molar-refractivity contribution in [3.05, 3.63) is 53.6 Å². The van der Waals surface area contributed by atoms with Crippen molar-refractivity contribution in [2.24, 2.45) is 0 Å². The zero-order valence-electron chi connectivity index (χ0n) is 18.8. The summed E-state index contributed by atoms with van der Waals surface area (Å²) in [6.07, 6.45) is 2.74. The van der Waals surface area contributed by atoms with Gasteiger partial charge in [-0.05, 0) is 35.3 Å². The standard InChI is InChI=1S/C24H29NO6/c1-24(2,3)17-8-10-18(11-9-17)25-22(26)15-31-23(27)12-7-16-13-20(29-5)21(30-6)14-19(16)28-4/h7-14H,15H2,1-6H3,(H,25,26)/b12-7+. The summed E-state index contributed by atoms with van der Waals surface area (Å²) in [7, 11) is 4.55. The minimum Gasteiger partial charge on any atom is -0.496 e. The van der Waals surface area contributed by atoms with Crippen molar-refractivity contribution < 1.29 is 28.5 Å². The molecule has 0 spiro atoms. The van der Waals surface area contributed by atoms with E-state index in [1.807, 2.05) is 24.3 Å². The van der Waals surface area contributed by atoms with Gasteiger partial charge in [-0.3, -0.25) is 4.79 Å². The van der Waals surface area contributed by atoms with Crippen LogP contribution in [0.15, 0.2) is 42.5 Å². The molecule has 166 valence electrons. The van der Waals surface area contributed by atoms with Crippen LogP contribution in [0.25, 0.3) is 6.08 Å². The van der Waals surface area contributed by atoms with Crippen LogP contribution >= 0.6 is 0 Å². The predicted molar refractivity (Wildman–Crippen MR) is 120 cm³/mol. The largest absolute Gasteiger partial charge is 0.496 e. The maximum Gasteiger partial charge on any atom is 0.331 e. The molecular weight excluding hydrogens is 398 g/mol. The average molecular weight is 427 g/mol. The number of carbonyl (C=O) groups is 2. The molecule has 2 rings (SSSR count). The molecule has 7 heteroatoms. The van der Waals surface area contributed by atoms with Crippen LogP contribution in [0.4, 0.5) is 5.69 Å². The molecule has 2 aromatic rings. The van der Waals surface area contributed by atoms with Gasteiger partial charge in [-0.1, -0.05) is 32.9 Å². The fourth-order valence-electron chi connectivity index (χ4n) is 2.78. The topological polar surface area (TPSA) is 83.1 Å². The lowest BCUT2D eigenvalue weighted by Gasteiger charge is -2.19. The molecule has 0 aliphatic heterocycles. The molecule has 0 heterocycles. The van der Waals surface area contributed by atoms with E-state index in [4.69, 9.17) is 18.9 Å². The number of hydrogen-bond acceptors (Lipinski definition) is 6. The molecule has 0 bridgehead atoms. The molecule has 0 unspecified atom stereocenters. The second kappa shape index (κ2) is 10.5. The molecular formula is C24H29NO6. The molecule has 0 aliphatic carbocycles. The number of amides is 1. The summed E-state index contributed by atoms with van der Waals surface area (Å²) in [6.45, 7) is 5.95. The lowest BCUT2D eigenvalue weighted by Crippen LogP contribution is -2.20. The van der Waals surface area contributed by atoms with Gasteiger partial charge in [0.2, 0.25) is 0 Å². The predicted octanol–water partition coefficient (Wildman–Crippen LogP) is 4.21. The zero-order chi connectivity index (χ0) is 23.0. The summed E-state index contributed by atoms with van der Waals surface area (Å²) >= 11 is 0. The van der Waals surface area contributed by atoms with E-state index in [9.17, 15) is 9.59 Å². The van der Waals surface area contributed by atoms with E-state index in [0.29, 0.717) is 28.5 Å². The Morgan fingerprint density at radius 2 is 1.48 bits per heavy atom. The number of hydrogen-bond donors (Lipinski definition) is 1. The van der Waals surface area contributed by atoms with E-state index in [2.05, 4.69) is 26.1 Å². The summed E-state index contributed by atoms with van der Waals surface area (Å²) in [5, 5.41) is 2.71. The Hall–Kier alpha value is -3.48. The van der Waals surface area contributed by atoms with E-state index in [-0.39, 0.29) is 5.41 Å². The molecule has 0 saturated carbocycles. The first kappa shape index (κ1) is 23.8. The number of carbonyl (C=O) groups excluding carboxylic acids is 2. The minimum absolute atomic E-state index is 0.0288. The van der Waals surface area contributed by atoms with Gasteiger partial charge in [0.1, 0.15) is 5.75 Å². The van der Waals surface area contributed by atoms with Gasteiger partial charge in [0.15, 0.2) is 18.1 Å². The third kappa shape index (κ3) is 6.77. The van der Waals surface area contributed by atoms with E-state index in [1.54, 1.807) is 12.1 Å². The molecule has 0 radical (unpaired) electrons. The van der Waals surface area contributed by atoms with Gasteiger partial charge >= 0.3 is 5.97 Å². The Kier molecular flexibility index (Phi) is 8.07. The summed E-state index contributed by atoms with van der Waals surface area (Å²) < 4.78 is 20.8. The molecule has 0 atom stereocenters. The number of rotatable bonds is 8. The molecule has 1 N–H and O–H groups in total. The van der Waals surface area contributed by atoms with Gasteiger partial charge in [-0.15, -0.1) is 0 Å². The molecule has 31 heavy (non-hydrogen) atoms. The van der Waals surface area contributed by atoms with Crippen LogP contribution in [0.1, 0.15) is 31.9 Å². The molecule has 0 saturated heterocycles. The fourth-order valence-corrected chi connectivity index (χ4v) is 2.78. The average Bonchev–Trinajstić information content (AvgIpc) is 2.75. The number of nitrogens with one attached hydrogen (secondary N) is 1. The van der Waals surface area contributed by atoms with Crippen LogP contribution in [0.2, 0.25) is 0 Å². The lowest BCUT2D eigenvalue weighted by atomic mass is 9.87. The zero-order valence-corrected chi connectivity index (χ0v) is 18.8. The van der Waals surface area contributed by atoms with Gasteiger partial charge < -0.3 is 24.3 Å². The number of methoxy groups -OCH3 is 3.